The van der Waals surface area contributed by atoms with Gasteiger partial charge < -0.3 is 20.3 Å². The molecule has 4 atom stereocenters. The summed E-state index contributed by atoms with van der Waals surface area (Å²) >= 11 is 6.97. The highest BCUT2D eigenvalue weighted by Gasteiger charge is 2.39. The smallest absolute Gasteiger partial charge is 0.475 e. The van der Waals surface area contributed by atoms with E-state index in [1.54, 1.807) is 24.4 Å². The Morgan fingerprint density at radius 3 is 2.27 bits per heavy atom. The van der Waals surface area contributed by atoms with Gasteiger partial charge in [-0.25, -0.2) is 19.0 Å². The number of likely N-dealkylation sites (tertiary alicyclic amines) is 1. The number of ether oxygens (including phenoxy) is 1. The van der Waals surface area contributed by atoms with E-state index in [1.165, 1.54) is 0 Å². The minimum absolute atomic E-state index is 0.00305. The second-order valence-corrected chi connectivity index (χ2v) is 14.3. The fourth-order valence-electron chi connectivity index (χ4n) is 7.36. The minimum Gasteiger partial charge on any atom is -0.475 e. The number of likely N-dealkylation sites (N-methyl/N-ethyl adjacent to an activating group) is 1. The molecule has 2 aliphatic heterocycles. The van der Waals surface area contributed by atoms with Gasteiger partial charge in [0.25, 0.3) is 0 Å². The third kappa shape index (κ3) is 9.76. The molecule has 59 heavy (non-hydrogen) atoms. The third-order valence-corrected chi connectivity index (χ3v) is 10.3. The van der Waals surface area contributed by atoms with Crippen LogP contribution >= 0.6 is 11.6 Å². The minimum atomic E-state index is -5.08. The third-order valence-electron chi connectivity index (χ3n) is 10.0. The first-order valence-corrected chi connectivity index (χ1v) is 18.3. The van der Waals surface area contributed by atoms with E-state index in [0.717, 1.165) is 44.2 Å². The Labute approximate surface area is 336 Å². The van der Waals surface area contributed by atoms with Crippen molar-refractivity contribution in [3.63, 3.8) is 0 Å². The van der Waals surface area contributed by atoms with Gasteiger partial charge in [-0.1, -0.05) is 41.9 Å². The first kappa shape index (κ1) is 44.3. The van der Waals surface area contributed by atoms with Gasteiger partial charge in [-0.2, -0.15) is 42.0 Å². The van der Waals surface area contributed by atoms with Gasteiger partial charge in [-0.15, -0.1) is 0 Å². The zero-order chi connectivity index (χ0) is 43.4. The lowest BCUT2D eigenvalue weighted by molar-refractivity contribution is -0.193. The highest BCUT2D eigenvalue weighted by molar-refractivity contribution is 6.35. The van der Waals surface area contributed by atoms with Crippen LogP contribution in [-0.4, -0.2) is 92.5 Å². The van der Waals surface area contributed by atoms with Crippen molar-refractivity contribution in [3.05, 3.63) is 65.1 Å². The molecule has 0 saturated carbocycles. The van der Waals surface area contributed by atoms with Crippen molar-refractivity contribution in [1.82, 2.24) is 25.0 Å². The molecule has 7 rings (SSSR count). The number of pyridine rings is 1. The van der Waals surface area contributed by atoms with E-state index >= 15 is 4.39 Å². The Hall–Kier alpha value is -5.76. The summed E-state index contributed by atoms with van der Waals surface area (Å²) in [5.41, 5.74) is 2.02. The van der Waals surface area contributed by atoms with Gasteiger partial charge in [-0.05, 0) is 75.8 Å². The van der Waals surface area contributed by atoms with Crippen LogP contribution in [0.2, 0.25) is 5.02 Å². The summed E-state index contributed by atoms with van der Waals surface area (Å²) in [5.74, 6) is -5.75. The molecule has 0 amide bonds. The van der Waals surface area contributed by atoms with E-state index in [2.05, 4.69) is 29.4 Å². The summed E-state index contributed by atoms with van der Waals surface area (Å²) in [7, 11) is 2.10. The molecule has 3 N–H and O–H groups in total. The number of halogens is 8. The predicted molar refractivity (Wildman–Crippen MR) is 201 cm³/mol. The molecule has 2 aromatic heterocycles. The zero-order valence-electron chi connectivity index (χ0n) is 31.2. The Kier molecular flexibility index (Phi) is 13.5. The van der Waals surface area contributed by atoms with E-state index < -0.39 is 30.1 Å². The summed E-state index contributed by atoms with van der Waals surface area (Å²) in [6, 6.07) is 17.5. The van der Waals surface area contributed by atoms with Crippen LogP contribution in [-0.2, 0) is 9.59 Å². The van der Waals surface area contributed by atoms with Crippen LogP contribution in [0.1, 0.15) is 50.6 Å². The number of benzene rings is 3. The van der Waals surface area contributed by atoms with Gasteiger partial charge in [0.2, 0.25) is 5.88 Å². The number of nitriles is 2. The van der Waals surface area contributed by atoms with Crippen LogP contribution < -0.4 is 10.1 Å². The van der Waals surface area contributed by atoms with Gasteiger partial charge >= 0.3 is 24.3 Å². The SMILES string of the molecule is C[C@H](Oc1nc2c(F)c(-c3cccc4cccc(C#N)c34)c(Cl)cc2c2c1cnn2[C@H]1CCN[C@H](CC#N)C1)[C@@H]1CCCN1C.O=C(O)C(F)(F)F.O=C(O)C(F)(F)F. The van der Waals surface area contributed by atoms with E-state index in [9.17, 15) is 36.9 Å². The number of carbonyl (C=O) groups is 2. The van der Waals surface area contributed by atoms with Crippen molar-refractivity contribution in [2.75, 3.05) is 20.1 Å². The highest BCUT2D eigenvalue weighted by Crippen LogP contribution is 2.43. The van der Waals surface area contributed by atoms with Crippen LogP contribution in [0, 0.1) is 28.5 Å². The van der Waals surface area contributed by atoms with Crippen LogP contribution in [0.4, 0.5) is 30.7 Å². The molecule has 0 bridgehead atoms. The summed E-state index contributed by atoms with van der Waals surface area (Å²) < 4.78 is 89.1. The van der Waals surface area contributed by atoms with Crippen molar-refractivity contribution >= 4 is 56.1 Å². The van der Waals surface area contributed by atoms with Crippen LogP contribution in [0.25, 0.3) is 43.7 Å². The van der Waals surface area contributed by atoms with Crippen molar-refractivity contribution in [2.24, 2.45) is 0 Å². The zero-order valence-corrected chi connectivity index (χ0v) is 32.0. The number of carboxylic acids is 2. The summed E-state index contributed by atoms with van der Waals surface area (Å²) in [5, 5.41) is 44.7. The number of rotatable bonds is 6. The molecule has 20 heteroatoms. The number of aromatic nitrogens is 3. The van der Waals surface area contributed by atoms with Gasteiger partial charge in [0.1, 0.15) is 11.6 Å². The van der Waals surface area contributed by atoms with E-state index in [0.29, 0.717) is 45.1 Å². The molecule has 2 saturated heterocycles. The number of fused-ring (bicyclic) bond motifs is 4. The topological polar surface area (TPSA) is 177 Å². The number of nitrogens with zero attached hydrogens (tertiary/aromatic N) is 6. The van der Waals surface area contributed by atoms with Gasteiger partial charge in [0.15, 0.2) is 5.82 Å². The number of alkyl halides is 6. The van der Waals surface area contributed by atoms with Crippen LogP contribution in [0.15, 0.2) is 48.7 Å². The number of hydrogen-bond donors (Lipinski definition) is 3. The summed E-state index contributed by atoms with van der Waals surface area (Å²) in [4.78, 5) is 24.9. The summed E-state index contributed by atoms with van der Waals surface area (Å²) in [6.07, 6.45) is -4.55. The highest BCUT2D eigenvalue weighted by atomic mass is 35.5. The Morgan fingerprint density at radius 2 is 1.69 bits per heavy atom. The van der Waals surface area contributed by atoms with Crippen molar-refractivity contribution in [1.29, 1.82) is 10.5 Å². The molecule has 0 unspecified atom stereocenters. The molecule has 12 nitrogen and oxygen atoms in total. The number of hydrogen-bond acceptors (Lipinski definition) is 9. The monoisotopic (exact) mass is 849 g/mol. The second-order valence-electron chi connectivity index (χ2n) is 13.8. The lowest BCUT2D eigenvalue weighted by Crippen LogP contribution is -2.38. The first-order chi connectivity index (χ1) is 27.8. The molecule has 3 aromatic carbocycles. The Balaban J connectivity index is 0.000000407. The molecular formula is C39H35ClF7N7O5. The first-order valence-electron chi connectivity index (χ1n) is 18.0. The number of aliphatic carboxylic acids is 2. The van der Waals surface area contributed by atoms with Gasteiger partial charge in [-0.3, -0.25) is 9.58 Å². The second kappa shape index (κ2) is 18.0. The molecule has 5 aromatic rings. The predicted octanol–water partition coefficient (Wildman–Crippen LogP) is 8.40. The Morgan fingerprint density at radius 1 is 1.05 bits per heavy atom. The molecule has 2 aliphatic rings. The Bertz CT molecular complexity index is 2430. The van der Waals surface area contributed by atoms with Gasteiger partial charge in [0.05, 0.1) is 52.3 Å². The average Bonchev–Trinajstić information content (AvgIpc) is 3.82. The number of piperidine rings is 1. The number of nitrogens with one attached hydrogen (secondary N) is 1. The van der Waals surface area contributed by atoms with Crippen LogP contribution in [0.5, 0.6) is 5.88 Å². The van der Waals surface area contributed by atoms with Crippen molar-refractivity contribution < 1.29 is 55.3 Å². The van der Waals surface area contributed by atoms with E-state index in [4.69, 9.17) is 46.2 Å². The normalized spacial score (nSPS) is 18.9. The maximum Gasteiger partial charge on any atom is 0.490 e. The largest absolute Gasteiger partial charge is 0.490 e. The maximum absolute atomic E-state index is 17.1. The van der Waals surface area contributed by atoms with Gasteiger partial charge in [0, 0.05) is 28.4 Å². The fourth-order valence-corrected chi connectivity index (χ4v) is 7.65. The van der Waals surface area contributed by atoms with E-state index in [1.807, 2.05) is 35.9 Å². The summed E-state index contributed by atoms with van der Waals surface area (Å²) in [6.45, 7) is 3.79. The lowest BCUT2D eigenvalue weighted by atomic mass is 9.93. The van der Waals surface area contributed by atoms with Crippen molar-refractivity contribution in [3.8, 4) is 29.1 Å². The van der Waals surface area contributed by atoms with Crippen molar-refractivity contribution in [2.45, 2.75) is 75.6 Å². The maximum atomic E-state index is 17.1. The fraction of sp³-hybridized carbons (Fsp3) is 0.385. The molecule has 0 spiro atoms. The average molecular weight is 850 g/mol. The molecule has 0 radical (unpaired) electrons. The number of carboxylic acid groups (broad SMARTS) is 2. The molecular weight excluding hydrogens is 815 g/mol. The standard InChI is InChI=1S/C35H33ClFN7O.2C2HF3O2/c1-20(29-10-5-15-43(29)2)45-35-27-19-41-44(24-12-14-40-23(16-24)11-13-38)34(27)26-17-28(36)31(32(37)33(26)42-35)25-9-4-7-21-6-3-8-22(18-39)30(21)25;2*3-2(4,5)1(6)7/h3-4,6-9,17,19-20,23-24,29,40H,5,10-12,14-16H2,1-2H3;2*(H,6,7)/t20-,23+,24-,29-;;/m0../s1. The molecule has 312 valence electrons. The van der Waals surface area contributed by atoms with E-state index in [-0.39, 0.29) is 40.3 Å². The molecule has 4 heterocycles. The molecule has 0 aliphatic carbocycles. The molecule has 2 fully saturated rings. The quantitative estimate of drug-likeness (QED) is 0.140. The van der Waals surface area contributed by atoms with Crippen LogP contribution in [0.3, 0.4) is 0 Å². The lowest BCUT2D eigenvalue weighted by Gasteiger charge is -2.30.